The molecule has 5 heteroatoms. The van der Waals surface area contributed by atoms with Crippen molar-refractivity contribution in [1.29, 1.82) is 0 Å². The van der Waals surface area contributed by atoms with E-state index in [9.17, 15) is 4.79 Å². The maximum Gasteiger partial charge on any atom is 0.303 e. The lowest BCUT2D eigenvalue weighted by Gasteiger charge is -1.88. The van der Waals surface area contributed by atoms with Crippen LogP contribution >= 0.6 is 11.3 Å². The Hall–Kier alpha value is -1.49. The molecule has 0 bridgehead atoms. The van der Waals surface area contributed by atoms with Gasteiger partial charge in [-0.25, -0.2) is 9.98 Å². The second-order valence-electron chi connectivity index (χ2n) is 3.20. The van der Waals surface area contributed by atoms with Crippen molar-refractivity contribution in [2.24, 2.45) is 9.98 Å². The van der Waals surface area contributed by atoms with Crippen LogP contribution in [0.5, 0.6) is 0 Å². The molecule has 1 aliphatic heterocycles. The van der Waals surface area contributed by atoms with E-state index in [1.54, 1.807) is 17.7 Å². The van der Waals surface area contributed by atoms with Crippen molar-refractivity contribution in [3.63, 3.8) is 0 Å². The lowest BCUT2D eigenvalue weighted by Crippen LogP contribution is -2.16. The Bertz CT molecular complexity index is 516. The van der Waals surface area contributed by atoms with E-state index < -0.39 is 5.97 Å². The van der Waals surface area contributed by atoms with Gasteiger partial charge < -0.3 is 5.11 Å². The highest BCUT2D eigenvalue weighted by molar-refractivity contribution is 7.08. The molecule has 1 aromatic heterocycles. The fourth-order valence-corrected chi connectivity index (χ4v) is 2.25. The number of fused-ring (bicyclic) bond motifs is 1. The molecule has 4 nitrogen and oxygen atoms in total. The normalized spacial score (nSPS) is 14.0. The monoisotopic (exact) mass is 222 g/mol. The summed E-state index contributed by atoms with van der Waals surface area (Å²) in [7, 11) is 0. The number of hydrogen-bond donors (Lipinski definition) is 1. The van der Waals surface area contributed by atoms with Crippen LogP contribution in [0.1, 0.15) is 19.3 Å². The first kappa shape index (κ1) is 10.0. The molecule has 0 radical (unpaired) electrons. The van der Waals surface area contributed by atoms with Gasteiger partial charge in [-0.15, -0.1) is 11.3 Å². The minimum Gasteiger partial charge on any atom is -0.481 e. The third-order valence-corrected chi connectivity index (χ3v) is 3.04. The number of thiophene rings is 1. The minimum absolute atomic E-state index is 0.220. The van der Waals surface area contributed by atoms with Gasteiger partial charge in [-0.1, -0.05) is 6.08 Å². The molecule has 0 fully saturated rings. The molecule has 15 heavy (non-hydrogen) atoms. The minimum atomic E-state index is -0.743. The van der Waals surface area contributed by atoms with Gasteiger partial charge in [0.2, 0.25) is 0 Å². The molecule has 0 aliphatic carbocycles. The van der Waals surface area contributed by atoms with Crippen LogP contribution in [0.25, 0.3) is 6.08 Å². The van der Waals surface area contributed by atoms with Gasteiger partial charge in [0.25, 0.3) is 0 Å². The number of unbranched alkanes of at least 4 members (excludes halogenated alkanes) is 1. The maximum absolute atomic E-state index is 10.3. The molecular formula is C10H10N2O2S. The van der Waals surface area contributed by atoms with E-state index in [2.05, 4.69) is 9.98 Å². The summed E-state index contributed by atoms with van der Waals surface area (Å²) in [6, 6.07) is 0. The average Bonchev–Trinajstić information content (AvgIpc) is 2.74. The highest BCUT2D eigenvalue weighted by atomic mass is 32.1. The van der Waals surface area contributed by atoms with Gasteiger partial charge in [0.1, 0.15) is 17.4 Å². The van der Waals surface area contributed by atoms with Gasteiger partial charge in [-0.2, -0.15) is 0 Å². The number of rotatable bonds is 4. The van der Waals surface area contributed by atoms with E-state index in [0.717, 1.165) is 22.0 Å². The first-order valence-electron chi connectivity index (χ1n) is 4.67. The molecule has 0 atom stereocenters. The Morgan fingerprint density at radius 2 is 2.47 bits per heavy atom. The predicted molar refractivity (Wildman–Crippen MR) is 59.2 cm³/mol. The van der Waals surface area contributed by atoms with Crippen molar-refractivity contribution >= 4 is 35.4 Å². The van der Waals surface area contributed by atoms with Crippen molar-refractivity contribution in [3.05, 3.63) is 15.3 Å². The van der Waals surface area contributed by atoms with Gasteiger partial charge in [-0.05, 0) is 12.8 Å². The molecular weight excluding hydrogens is 212 g/mol. The molecule has 1 aromatic rings. The van der Waals surface area contributed by atoms with Crippen LogP contribution in [0.2, 0.25) is 0 Å². The van der Waals surface area contributed by atoms with E-state index in [1.807, 2.05) is 11.5 Å². The number of carbonyl (C=O) groups is 1. The molecule has 0 amide bonds. The number of aliphatic imine (C=N–C) groups is 1. The fraction of sp³-hybridized carbons (Fsp3) is 0.300. The Morgan fingerprint density at radius 1 is 1.60 bits per heavy atom. The van der Waals surface area contributed by atoms with Crippen molar-refractivity contribution in [2.75, 3.05) is 0 Å². The van der Waals surface area contributed by atoms with Crippen molar-refractivity contribution in [1.82, 2.24) is 0 Å². The molecule has 78 valence electrons. The molecule has 0 saturated heterocycles. The van der Waals surface area contributed by atoms with Gasteiger partial charge in [0, 0.05) is 11.8 Å². The third kappa shape index (κ3) is 2.30. The first-order valence-corrected chi connectivity index (χ1v) is 5.55. The maximum atomic E-state index is 10.3. The molecule has 2 heterocycles. The molecule has 0 spiro atoms. The SMILES string of the molecule is O=C(O)CCCC=c1scc2c1=NC=N2. The van der Waals surface area contributed by atoms with Crippen LogP contribution in [0, 0.1) is 0 Å². The zero-order chi connectivity index (χ0) is 10.7. The Morgan fingerprint density at radius 3 is 3.27 bits per heavy atom. The third-order valence-electron chi connectivity index (χ3n) is 2.08. The standard InChI is InChI=1S/C10H10N2O2S/c13-9(14)4-2-1-3-8-10-7(5-15-8)11-6-12-10/h3,5-6H,1-2,4H2,(H,13,14). The van der Waals surface area contributed by atoms with Crippen molar-refractivity contribution in [2.45, 2.75) is 19.3 Å². The number of carboxylic acid groups (broad SMARTS) is 1. The Kier molecular flexibility index (Phi) is 2.91. The second-order valence-corrected chi connectivity index (χ2v) is 4.11. The van der Waals surface area contributed by atoms with Crippen molar-refractivity contribution in [3.8, 4) is 0 Å². The predicted octanol–water partition coefficient (Wildman–Crippen LogP) is 1.08. The zero-order valence-corrected chi connectivity index (χ0v) is 8.83. The highest BCUT2D eigenvalue weighted by Crippen LogP contribution is 2.08. The molecule has 0 saturated carbocycles. The number of nitrogens with zero attached hydrogens (tertiary/aromatic N) is 2. The van der Waals surface area contributed by atoms with Crippen LogP contribution in [0.3, 0.4) is 0 Å². The van der Waals surface area contributed by atoms with E-state index in [1.165, 1.54) is 0 Å². The zero-order valence-electron chi connectivity index (χ0n) is 8.01. The second kappa shape index (κ2) is 4.35. The Labute approximate surface area is 90.3 Å². The van der Waals surface area contributed by atoms with Crippen molar-refractivity contribution < 1.29 is 9.90 Å². The number of carboxylic acids is 1. The summed E-state index contributed by atoms with van der Waals surface area (Å²) < 4.78 is 1.09. The van der Waals surface area contributed by atoms with Crippen LogP contribution in [0.4, 0.5) is 5.69 Å². The highest BCUT2D eigenvalue weighted by Gasteiger charge is 2.02. The van der Waals surface area contributed by atoms with Crippen LogP contribution in [-0.2, 0) is 4.79 Å². The smallest absolute Gasteiger partial charge is 0.303 e. The summed E-state index contributed by atoms with van der Waals surface area (Å²) in [5.41, 5.74) is 0.921. The van der Waals surface area contributed by atoms with Crippen LogP contribution in [-0.4, -0.2) is 17.4 Å². The quantitative estimate of drug-likeness (QED) is 0.775. The van der Waals surface area contributed by atoms with Crippen LogP contribution < -0.4 is 9.89 Å². The summed E-state index contributed by atoms with van der Waals surface area (Å²) in [6.07, 6.45) is 5.24. The molecule has 1 N–H and O–H groups in total. The largest absolute Gasteiger partial charge is 0.481 e. The molecule has 1 aliphatic rings. The van der Waals surface area contributed by atoms with Gasteiger partial charge >= 0.3 is 5.97 Å². The van der Waals surface area contributed by atoms with E-state index >= 15 is 0 Å². The van der Waals surface area contributed by atoms with Gasteiger partial charge in [0.15, 0.2) is 0 Å². The summed E-state index contributed by atoms with van der Waals surface area (Å²) in [6.45, 7) is 0. The Balaban J connectivity index is 2.05. The lowest BCUT2D eigenvalue weighted by atomic mass is 10.2. The van der Waals surface area contributed by atoms with Gasteiger partial charge in [0.05, 0.1) is 4.53 Å². The van der Waals surface area contributed by atoms with Gasteiger partial charge in [-0.3, -0.25) is 4.79 Å². The van der Waals surface area contributed by atoms with E-state index in [4.69, 9.17) is 5.11 Å². The topological polar surface area (TPSA) is 62.0 Å². The number of hydrogen-bond acceptors (Lipinski definition) is 4. The summed E-state index contributed by atoms with van der Waals surface area (Å²) in [5.74, 6) is -0.743. The summed E-state index contributed by atoms with van der Waals surface area (Å²) >= 11 is 1.60. The average molecular weight is 222 g/mol. The van der Waals surface area contributed by atoms with E-state index in [-0.39, 0.29) is 6.42 Å². The molecule has 0 aromatic carbocycles. The molecule has 0 unspecified atom stereocenters. The summed E-state index contributed by atoms with van der Waals surface area (Å²) in [5, 5.41) is 11.4. The van der Waals surface area contributed by atoms with E-state index in [0.29, 0.717) is 6.42 Å². The lowest BCUT2D eigenvalue weighted by molar-refractivity contribution is -0.137. The van der Waals surface area contributed by atoms with Crippen LogP contribution in [0.15, 0.2) is 15.4 Å². The summed E-state index contributed by atoms with van der Waals surface area (Å²) in [4.78, 5) is 18.5. The molecule has 2 rings (SSSR count). The fourth-order valence-electron chi connectivity index (χ4n) is 1.36. The number of aliphatic carboxylic acids is 1. The first-order chi connectivity index (χ1) is 7.27.